The van der Waals surface area contributed by atoms with Crippen LogP contribution >= 0.6 is 22.6 Å². The smallest absolute Gasteiger partial charge is 0.279 e. The molecule has 0 atom stereocenters. The summed E-state index contributed by atoms with van der Waals surface area (Å²) in [6.45, 7) is 0.495. The number of quaternary nitrogens is 1. The zero-order valence-corrected chi connectivity index (χ0v) is 11.7. The van der Waals surface area contributed by atoms with E-state index in [0.717, 1.165) is 9.26 Å². The zero-order chi connectivity index (χ0) is 12.7. The molecule has 2 amide bonds. The summed E-state index contributed by atoms with van der Waals surface area (Å²) in [5.74, 6) is -0.206. The maximum absolute atomic E-state index is 11.5. The highest BCUT2D eigenvalue weighted by Crippen LogP contribution is 2.11. The lowest BCUT2D eigenvalue weighted by Gasteiger charge is -2.04. The summed E-state index contributed by atoms with van der Waals surface area (Å²) in [6.07, 6.45) is 0. The normalized spacial score (nSPS) is 9.76. The van der Waals surface area contributed by atoms with Crippen LogP contribution in [0, 0.1) is 3.57 Å². The van der Waals surface area contributed by atoms with Crippen LogP contribution in [0.15, 0.2) is 24.3 Å². The van der Waals surface area contributed by atoms with Gasteiger partial charge in [-0.2, -0.15) is 0 Å². The van der Waals surface area contributed by atoms with Crippen LogP contribution in [0.4, 0.5) is 5.69 Å². The molecule has 0 saturated carbocycles. The molecule has 5 nitrogen and oxygen atoms in total. The Balaban J connectivity index is 2.32. The number of likely N-dealkylation sites (N-methyl/N-ethyl adjacent to an activating group) is 1. The van der Waals surface area contributed by atoms with Gasteiger partial charge in [-0.05, 0) is 40.8 Å². The van der Waals surface area contributed by atoms with Crippen LogP contribution in [0.2, 0.25) is 0 Å². The summed E-state index contributed by atoms with van der Waals surface area (Å²) < 4.78 is 1.06. The van der Waals surface area contributed by atoms with E-state index in [1.165, 1.54) is 0 Å². The van der Waals surface area contributed by atoms with Crippen LogP contribution in [0.25, 0.3) is 0 Å². The van der Waals surface area contributed by atoms with E-state index < -0.39 is 0 Å². The maximum Gasteiger partial charge on any atom is 0.279 e. The predicted molar refractivity (Wildman–Crippen MR) is 73.5 cm³/mol. The largest absolute Gasteiger partial charge is 0.354 e. The van der Waals surface area contributed by atoms with E-state index in [1.807, 2.05) is 24.3 Å². The van der Waals surface area contributed by atoms with Crippen molar-refractivity contribution >= 4 is 40.1 Å². The van der Waals surface area contributed by atoms with Crippen LogP contribution in [-0.4, -0.2) is 32.0 Å². The monoisotopic (exact) mass is 348 g/mol. The van der Waals surface area contributed by atoms with E-state index in [2.05, 4.69) is 33.2 Å². The molecule has 6 heteroatoms. The molecule has 0 bridgehead atoms. The zero-order valence-electron chi connectivity index (χ0n) is 9.50. The van der Waals surface area contributed by atoms with Gasteiger partial charge in [0.05, 0.1) is 0 Å². The SMILES string of the molecule is CNC(=O)C[NH2+]CC(=O)Nc1cccc(I)c1. The highest BCUT2D eigenvalue weighted by atomic mass is 127. The number of carbonyl (C=O) groups is 2. The number of carbonyl (C=O) groups excluding carboxylic acids is 2. The van der Waals surface area contributed by atoms with E-state index in [9.17, 15) is 9.59 Å². The molecule has 1 aromatic rings. The number of benzene rings is 1. The van der Waals surface area contributed by atoms with Crippen molar-refractivity contribution in [1.82, 2.24) is 5.32 Å². The Bertz CT molecular complexity index is 409. The minimum Gasteiger partial charge on any atom is -0.354 e. The first kappa shape index (κ1) is 13.9. The Hall–Kier alpha value is -1.15. The Morgan fingerprint density at radius 2 is 2.00 bits per heavy atom. The average molecular weight is 348 g/mol. The van der Waals surface area contributed by atoms with E-state index >= 15 is 0 Å². The molecule has 92 valence electrons. The van der Waals surface area contributed by atoms with E-state index in [0.29, 0.717) is 0 Å². The summed E-state index contributed by atoms with van der Waals surface area (Å²) in [5, 5.41) is 6.92. The van der Waals surface area contributed by atoms with Crippen LogP contribution in [0.1, 0.15) is 0 Å². The summed E-state index contributed by atoms with van der Waals surface area (Å²) in [4.78, 5) is 22.4. The van der Waals surface area contributed by atoms with Gasteiger partial charge >= 0.3 is 0 Å². The van der Waals surface area contributed by atoms with Gasteiger partial charge < -0.3 is 16.0 Å². The number of hydrogen-bond donors (Lipinski definition) is 3. The second kappa shape index (κ2) is 7.23. The third-order valence-electron chi connectivity index (χ3n) is 2.05. The topological polar surface area (TPSA) is 74.8 Å². The number of halogens is 1. The molecule has 0 aliphatic carbocycles. The first-order valence-corrected chi connectivity index (χ1v) is 6.27. The first-order valence-electron chi connectivity index (χ1n) is 5.19. The molecule has 0 heterocycles. The van der Waals surface area contributed by atoms with Crippen molar-refractivity contribution in [2.75, 3.05) is 25.5 Å². The lowest BCUT2D eigenvalue weighted by molar-refractivity contribution is -0.632. The van der Waals surface area contributed by atoms with Gasteiger partial charge in [0.25, 0.3) is 11.8 Å². The number of anilines is 1. The number of rotatable bonds is 5. The fourth-order valence-corrected chi connectivity index (χ4v) is 1.76. The van der Waals surface area contributed by atoms with Gasteiger partial charge in [0.15, 0.2) is 13.1 Å². The van der Waals surface area contributed by atoms with Gasteiger partial charge in [0.2, 0.25) is 0 Å². The third kappa shape index (κ3) is 5.64. The highest BCUT2D eigenvalue weighted by Gasteiger charge is 2.06. The summed E-state index contributed by atoms with van der Waals surface area (Å²) >= 11 is 2.18. The fourth-order valence-electron chi connectivity index (χ4n) is 1.21. The van der Waals surface area contributed by atoms with Gasteiger partial charge in [0, 0.05) is 16.3 Å². The minimum absolute atomic E-state index is 0.0907. The quantitative estimate of drug-likeness (QED) is 0.630. The number of nitrogens with two attached hydrogens (primary N) is 1. The van der Waals surface area contributed by atoms with Gasteiger partial charge in [-0.15, -0.1) is 0 Å². The Morgan fingerprint density at radius 1 is 1.29 bits per heavy atom. The average Bonchev–Trinajstić information content (AvgIpc) is 2.28. The molecular formula is C11H15IN3O2+. The molecule has 0 aliphatic rings. The molecule has 1 rings (SSSR count). The molecule has 0 saturated heterocycles. The standard InChI is InChI=1S/C11H14IN3O2/c1-13-10(16)6-14-7-11(17)15-9-4-2-3-8(12)5-9/h2-5,14H,6-7H2,1H3,(H,13,16)(H,15,17)/p+1. The van der Waals surface area contributed by atoms with E-state index in [4.69, 9.17) is 0 Å². The van der Waals surface area contributed by atoms with Crippen LogP contribution in [0.5, 0.6) is 0 Å². The second-order valence-corrected chi connectivity index (χ2v) is 4.67. The van der Waals surface area contributed by atoms with Crippen molar-refractivity contribution in [3.05, 3.63) is 27.8 Å². The molecule has 17 heavy (non-hydrogen) atoms. The van der Waals surface area contributed by atoms with E-state index in [-0.39, 0.29) is 24.9 Å². The molecule has 0 aromatic heterocycles. The van der Waals surface area contributed by atoms with Crippen molar-refractivity contribution in [3.63, 3.8) is 0 Å². The van der Waals surface area contributed by atoms with Crippen LogP contribution < -0.4 is 16.0 Å². The summed E-state index contributed by atoms with van der Waals surface area (Å²) in [6, 6.07) is 7.55. The number of hydrogen-bond acceptors (Lipinski definition) is 2. The van der Waals surface area contributed by atoms with Crippen LogP contribution in [-0.2, 0) is 9.59 Å². The van der Waals surface area contributed by atoms with Crippen LogP contribution in [0.3, 0.4) is 0 Å². The van der Waals surface area contributed by atoms with Gasteiger partial charge in [-0.1, -0.05) is 6.07 Å². The van der Waals surface area contributed by atoms with E-state index in [1.54, 1.807) is 12.4 Å². The molecule has 0 spiro atoms. The first-order chi connectivity index (χ1) is 8.11. The molecule has 0 unspecified atom stereocenters. The van der Waals surface area contributed by atoms with Crippen molar-refractivity contribution in [2.45, 2.75) is 0 Å². The van der Waals surface area contributed by atoms with Crippen molar-refractivity contribution < 1.29 is 14.9 Å². The minimum atomic E-state index is -0.115. The third-order valence-corrected chi connectivity index (χ3v) is 2.72. The second-order valence-electron chi connectivity index (χ2n) is 3.43. The molecule has 0 radical (unpaired) electrons. The Morgan fingerprint density at radius 3 is 2.65 bits per heavy atom. The fraction of sp³-hybridized carbons (Fsp3) is 0.273. The molecule has 0 aliphatic heterocycles. The number of amides is 2. The lowest BCUT2D eigenvalue weighted by Crippen LogP contribution is -2.88. The Labute approximate surface area is 113 Å². The van der Waals surface area contributed by atoms with Gasteiger partial charge in [-0.25, -0.2) is 0 Å². The maximum atomic E-state index is 11.5. The molecule has 1 aromatic carbocycles. The lowest BCUT2D eigenvalue weighted by atomic mass is 10.3. The van der Waals surface area contributed by atoms with Crippen molar-refractivity contribution in [3.8, 4) is 0 Å². The van der Waals surface area contributed by atoms with Crippen molar-refractivity contribution in [1.29, 1.82) is 0 Å². The highest BCUT2D eigenvalue weighted by molar-refractivity contribution is 14.1. The molecule has 0 fully saturated rings. The predicted octanol–water partition coefficient (Wildman–Crippen LogP) is -0.461. The van der Waals surface area contributed by atoms with Gasteiger partial charge in [0.1, 0.15) is 0 Å². The summed E-state index contributed by atoms with van der Waals surface area (Å²) in [7, 11) is 1.57. The van der Waals surface area contributed by atoms with Gasteiger partial charge in [-0.3, -0.25) is 9.59 Å². The Kier molecular flexibility index (Phi) is 5.92. The number of nitrogens with one attached hydrogen (secondary N) is 2. The molecule has 4 N–H and O–H groups in total. The molecular weight excluding hydrogens is 333 g/mol. The summed E-state index contributed by atoms with van der Waals surface area (Å²) in [5.41, 5.74) is 0.773. The van der Waals surface area contributed by atoms with Crippen molar-refractivity contribution in [2.24, 2.45) is 0 Å².